The van der Waals surface area contributed by atoms with Crippen molar-refractivity contribution in [1.82, 2.24) is 14.5 Å². The van der Waals surface area contributed by atoms with Gasteiger partial charge in [-0.05, 0) is 31.7 Å². The molecule has 5 nitrogen and oxygen atoms in total. The number of benzene rings is 1. The Hall–Kier alpha value is -1.85. The zero-order valence-corrected chi connectivity index (χ0v) is 13.2. The lowest BCUT2D eigenvalue weighted by atomic mass is 10.0. The van der Waals surface area contributed by atoms with Crippen molar-refractivity contribution in [2.24, 2.45) is 12.8 Å². The van der Waals surface area contributed by atoms with E-state index in [-0.39, 0.29) is 6.04 Å². The largest absolute Gasteiger partial charge is 0.496 e. The average Bonchev–Trinajstić information content (AvgIpc) is 2.84. The minimum atomic E-state index is 0.0227. The Bertz CT molecular complexity index is 592. The van der Waals surface area contributed by atoms with E-state index in [1.165, 1.54) is 0 Å². The van der Waals surface area contributed by atoms with Gasteiger partial charge in [0.15, 0.2) is 0 Å². The molecule has 0 radical (unpaired) electrons. The highest BCUT2D eigenvalue weighted by Gasteiger charge is 2.11. The normalized spacial score (nSPS) is 12.7. The van der Waals surface area contributed by atoms with Gasteiger partial charge in [-0.15, -0.1) is 0 Å². The smallest absolute Gasteiger partial charge is 0.123 e. The third kappa shape index (κ3) is 3.83. The van der Waals surface area contributed by atoms with Gasteiger partial charge in [-0.3, -0.25) is 4.90 Å². The van der Waals surface area contributed by atoms with Crippen molar-refractivity contribution in [1.29, 1.82) is 0 Å². The van der Waals surface area contributed by atoms with Crippen molar-refractivity contribution in [2.75, 3.05) is 14.2 Å². The number of rotatable bonds is 6. The summed E-state index contributed by atoms with van der Waals surface area (Å²) in [6.07, 6.45) is 3.78. The summed E-state index contributed by atoms with van der Waals surface area (Å²) < 4.78 is 7.49. The summed E-state index contributed by atoms with van der Waals surface area (Å²) in [5.74, 6) is 1.94. The molecule has 1 aromatic heterocycles. The molecule has 5 heteroatoms. The fraction of sp³-hybridized carbons (Fsp3) is 0.438. The summed E-state index contributed by atoms with van der Waals surface area (Å²) in [7, 11) is 5.78. The van der Waals surface area contributed by atoms with Crippen LogP contribution in [0.15, 0.2) is 30.6 Å². The third-order valence-electron chi connectivity index (χ3n) is 3.60. The highest BCUT2D eigenvalue weighted by Crippen LogP contribution is 2.24. The lowest BCUT2D eigenvalue weighted by molar-refractivity contribution is 0.299. The third-order valence-corrected chi connectivity index (χ3v) is 3.60. The van der Waals surface area contributed by atoms with Crippen molar-refractivity contribution in [3.05, 3.63) is 47.5 Å². The molecule has 21 heavy (non-hydrogen) atoms. The van der Waals surface area contributed by atoms with Gasteiger partial charge in [0.1, 0.15) is 11.6 Å². The lowest BCUT2D eigenvalue weighted by Crippen LogP contribution is -2.20. The minimum Gasteiger partial charge on any atom is -0.496 e. The standard InChI is InChI=1S/C16H24N4O/c1-12(17)13-5-6-15(21-4)14(9-13)10-19(2)11-16-18-7-8-20(16)3/h5-9,12H,10-11,17H2,1-4H3. The van der Waals surface area contributed by atoms with Crippen molar-refractivity contribution in [3.8, 4) is 5.75 Å². The minimum absolute atomic E-state index is 0.0227. The van der Waals surface area contributed by atoms with Gasteiger partial charge in [0.25, 0.3) is 0 Å². The Morgan fingerprint density at radius 2 is 2.14 bits per heavy atom. The molecular weight excluding hydrogens is 264 g/mol. The van der Waals surface area contributed by atoms with Gasteiger partial charge in [-0.1, -0.05) is 6.07 Å². The Morgan fingerprint density at radius 1 is 1.38 bits per heavy atom. The fourth-order valence-corrected chi connectivity index (χ4v) is 2.34. The topological polar surface area (TPSA) is 56.3 Å². The van der Waals surface area contributed by atoms with E-state index in [1.54, 1.807) is 7.11 Å². The molecule has 0 amide bonds. The second kappa shape index (κ2) is 6.74. The van der Waals surface area contributed by atoms with Crippen LogP contribution in [0.1, 0.15) is 29.9 Å². The molecule has 0 aliphatic carbocycles. The molecule has 1 atom stereocenters. The molecule has 114 valence electrons. The fourth-order valence-electron chi connectivity index (χ4n) is 2.34. The zero-order chi connectivity index (χ0) is 15.4. The highest BCUT2D eigenvalue weighted by atomic mass is 16.5. The van der Waals surface area contributed by atoms with Crippen LogP contribution in [0.4, 0.5) is 0 Å². The summed E-state index contributed by atoms with van der Waals surface area (Å²) >= 11 is 0. The molecule has 2 rings (SSSR count). The van der Waals surface area contributed by atoms with E-state index in [0.29, 0.717) is 0 Å². The zero-order valence-electron chi connectivity index (χ0n) is 13.2. The monoisotopic (exact) mass is 288 g/mol. The number of nitrogens with zero attached hydrogens (tertiary/aromatic N) is 3. The number of aryl methyl sites for hydroxylation is 1. The first kappa shape index (κ1) is 15.5. The molecule has 0 fully saturated rings. The predicted octanol–water partition coefficient (Wildman–Crippen LogP) is 2.08. The van der Waals surface area contributed by atoms with E-state index in [9.17, 15) is 0 Å². The predicted molar refractivity (Wildman–Crippen MR) is 84.0 cm³/mol. The summed E-state index contributed by atoms with van der Waals surface area (Å²) in [6.45, 7) is 3.56. The van der Waals surface area contributed by atoms with Gasteiger partial charge in [-0.2, -0.15) is 0 Å². The van der Waals surface area contributed by atoms with E-state index in [2.05, 4.69) is 23.0 Å². The molecule has 0 aliphatic heterocycles. The first-order chi connectivity index (χ1) is 10.0. The van der Waals surface area contributed by atoms with Crippen molar-refractivity contribution >= 4 is 0 Å². The molecule has 1 heterocycles. The number of methoxy groups -OCH3 is 1. The van der Waals surface area contributed by atoms with Gasteiger partial charge in [0.05, 0.1) is 13.7 Å². The number of nitrogens with two attached hydrogens (primary N) is 1. The van der Waals surface area contributed by atoms with Crippen LogP contribution in [-0.2, 0) is 20.1 Å². The first-order valence-corrected chi connectivity index (χ1v) is 7.08. The van der Waals surface area contributed by atoms with Crippen LogP contribution in [0.25, 0.3) is 0 Å². The van der Waals surface area contributed by atoms with E-state index >= 15 is 0 Å². The van der Waals surface area contributed by atoms with Gasteiger partial charge in [-0.25, -0.2) is 4.98 Å². The quantitative estimate of drug-likeness (QED) is 0.884. The number of hydrogen-bond donors (Lipinski definition) is 1. The van der Waals surface area contributed by atoms with Crippen LogP contribution >= 0.6 is 0 Å². The summed E-state index contributed by atoms with van der Waals surface area (Å²) in [6, 6.07) is 6.15. The van der Waals surface area contributed by atoms with Crippen molar-refractivity contribution < 1.29 is 4.74 Å². The maximum absolute atomic E-state index is 5.97. The molecule has 0 saturated carbocycles. The number of ether oxygens (including phenoxy) is 1. The van der Waals surface area contributed by atoms with Crippen LogP contribution in [0, 0.1) is 0 Å². The van der Waals surface area contributed by atoms with E-state index < -0.39 is 0 Å². The van der Waals surface area contributed by atoms with Gasteiger partial charge < -0.3 is 15.0 Å². The molecule has 2 N–H and O–H groups in total. The molecular formula is C16H24N4O. The maximum Gasteiger partial charge on any atom is 0.123 e. The maximum atomic E-state index is 5.97. The summed E-state index contributed by atoms with van der Waals surface area (Å²) in [4.78, 5) is 6.57. The van der Waals surface area contributed by atoms with Crippen LogP contribution < -0.4 is 10.5 Å². The van der Waals surface area contributed by atoms with Crippen molar-refractivity contribution in [3.63, 3.8) is 0 Å². The Morgan fingerprint density at radius 3 is 2.71 bits per heavy atom. The molecule has 1 unspecified atom stereocenters. The molecule has 2 aromatic rings. The van der Waals surface area contributed by atoms with Crippen LogP contribution in [0.2, 0.25) is 0 Å². The van der Waals surface area contributed by atoms with Gasteiger partial charge in [0, 0.05) is 37.6 Å². The van der Waals surface area contributed by atoms with Crippen LogP contribution in [0.5, 0.6) is 5.75 Å². The van der Waals surface area contributed by atoms with Gasteiger partial charge >= 0.3 is 0 Å². The van der Waals surface area contributed by atoms with Crippen LogP contribution in [-0.4, -0.2) is 28.6 Å². The molecule has 1 aromatic carbocycles. The van der Waals surface area contributed by atoms with E-state index in [4.69, 9.17) is 10.5 Å². The van der Waals surface area contributed by atoms with Gasteiger partial charge in [0.2, 0.25) is 0 Å². The summed E-state index contributed by atoms with van der Waals surface area (Å²) in [5.41, 5.74) is 8.23. The second-order valence-electron chi connectivity index (χ2n) is 5.49. The first-order valence-electron chi connectivity index (χ1n) is 7.08. The molecule has 0 saturated heterocycles. The van der Waals surface area contributed by atoms with E-state index in [1.807, 2.05) is 43.1 Å². The number of aromatic nitrogens is 2. The number of hydrogen-bond acceptors (Lipinski definition) is 4. The average molecular weight is 288 g/mol. The van der Waals surface area contributed by atoms with Crippen LogP contribution in [0.3, 0.4) is 0 Å². The molecule has 0 bridgehead atoms. The lowest BCUT2D eigenvalue weighted by Gasteiger charge is -2.19. The highest BCUT2D eigenvalue weighted by molar-refractivity contribution is 5.38. The second-order valence-corrected chi connectivity index (χ2v) is 5.49. The van der Waals surface area contributed by atoms with E-state index in [0.717, 1.165) is 35.8 Å². The number of imidazole rings is 1. The summed E-state index contributed by atoms with van der Waals surface area (Å²) in [5, 5.41) is 0. The Balaban J connectivity index is 2.13. The van der Waals surface area contributed by atoms with Crippen molar-refractivity contribution in [2.45, 2.75) is 26.1 Å². The molecule has 0 aliphatic rings. The Kier molecular flexibility index (Phi) is 4.98. The Labute approximate surface area is 126 Å². The SMILES string of the molecule is COc1ccc(C(C)N)cc1CN(C)Cc1nccn1C. The molecule has 0 spiro atoms.